The third kappa shape index (κ3) is 6.31. The Labute approximate surface area is 119 Å². The van der Waals surface area contributed by atoms with Crippen LogP contribution in [0.15, 0.2) is 41.9 Å². The minimum absolute atomic E-state index is 0.433. The van der Waals surface area contributed by atoms with Crippen LogP contribution < -0.4 is 11.1 Å². The molecule has 1 rings (SSSR count). The van der Waals surface area contributed by atoms with Crippen molar-refractivity contribution in [2.75, 3.05) is 30.5 Å². The van der Waals surface area contributed by atoms with Gasteiger partial charge < -0.3 is 15.8 Å². The summed E-state index contributed by atoms with van der Waals surface area (Å²) in [5, 5.41) is 3.10. The number of thioether (sulfide) groups is 1. The van der Waals surface area contributed by atoms with Gasteiger partial charge in [-0.2, -0.15) is 11.8 Å². The van der Waals surface area contributed by atoms with E-state index in [9.17, 15) is 0 Å². The van der Waals surface area contributed by atoms with E-state index in [0.717, 1.165) is 22.8 Å². The minimum atomic E-state index is 0.433. The minimum Gasteiger partial charge on any atom is -0.380 e. The van der Waals surface area contributed by atoms with Crippen LogP contribution in [0.3, 0.4) is 0 Å². The van der Waals surface area contributed by atoms with Gasteiger partial charge in [0.2, 0.25) is 0 Å². The summed E-state index contributed by atoms with van der Waals surface area (Å²) >= 11 is 1.78. The van der Waals surface area contributed by atoms with Crippen LogP contribution in [0.1, 0.15) is 5.56 Å². The Balaban J connectivity index is 2.48. The molecular weight excluding hydrogens is 258 g/mol. The standard InChI is InChI=1S/C14H21N3OS/c1-3-9-19-10-8-16-14(15)17-13-7-5-4-6-12(13)11-18-2/h3-7H,1,8-11H2,2H3,(H3,15,16,17). The number of anilines is 1. The number of rotatable bonds is 8. The van der Waals surface area contributed by atoms with Gasteiger partial charge in [0.15, 0.2) is 5.96 Å². The second kappa shape index (κ2) is 9.47. The fraction of sp³-hybridized carbons (Fsp3) is 0.357. The second-order valence-corrected chi connectivity index (χ2v) is 5.00. The first-order valence-electron chi connectivity index (χ1n) is 6.10. The van der Waals surface area contributed by atoms with Crippen molar-refractivity contribution in [2.24, 2.45) is 10.7 Å². The molecule has 0 aromatic heterocycles. The number of methoxy groups -OCH3 is 1. The molecule has 3 N–H and O–H groups in total. The molecule has 0 heterocycles. The van der Waals surface area contributed by atoms with Crippen LogP contribution in [-0.2, 0) is 11.3 Å². The van der Waals surface area contributed by atoms with Crippen molar-refractivity contribution >= 4 is 23.4 Å². The molecule has 5 heteroatoms. The average Bonchev–Trinajstić information content (AvgIpc) is 2.41. The molecule has 0 saturated heterocycles. The molecule has 0 unspecified atom stereocenters. The van der Waals surface area contributed by atoms with Crippen molar-refractivity contribution in [1.29, 1.82) is 0 Å². The predicted octanol–water partition coefficient (Wildman–Crippen LogP) is 2.48. The summed E-state index contributed by atoms with van der Waals surface area (Å²) in [7, 11) is 1.67. The Kier molecular flexibility index (Phi) is 7.77. The van der Waals surface area contributed by atoms with Gasteiger partial charge in [0.25, 0.3) is 0 Å². The SMILES string of the molecule is C=CCSCCN=C(N)Nc1ccccc1COC. The zero-order chi connectivity index (χ0) is 13.9. The van der Waals surface area contributed by atoms with E-state index in [0.29, 0.717) is 19.1 Å². The van der Waals surface area contributed by atoms with E-state index in [-0.39, 0.29) is 0 Å². The number of nitrogens with zero attached hydrogens (tertiary/aromatic N) is 1. The zero-order valence-corrected chi connectivity index (χ0v) is 12.1. The molecule has 4 nitrogen and oxygen atoms in total. The maximum atomic E-state index is 5.85. The molecular formula is C14H21N3OS. The monoisotopic (exact) mass is 279 g/mol. The smallest absolute Gasteiger partial charge is 0.193 e. The second-order valence-electron chi connectivity index (χ2n) is 3.85. The molecule has 0 bridgehead atoms. The molecule has 104 valence electrons. The van der Waals surface area contributed by atoms with E-state index in [1.165, 1.54) is 0 Å². The normalized spacial score (nSPS) is 11.3. The summed E-state index contributed by atoms with van der Waals surface area (Å²) in [6.45, 7) is 4.92. The fourth-order valence-corrected chi connectivity index (χ4v) is 2.05. The van der Waals surface area contributed by atoms with E-state index in [1.54, 1.807) is 18.9 Å². The molecule has 0 amide bonds. The van der Waals surface area contributed by atoms with E-state index in [2.05, 4.69) is 16.9 Å². The lowest BCUT2D eigenvalue weighted by Gasteiger charge is -2.10. The first-order chi connectivity index (χ1) is 9.27. The number of nitrogens with one attached hydrogen (secondary N) is 1. The molecule has 0 aliphatic carbocycles. The maximum absolute atomic E-state index is 5.85. The van der Waals surface area contributed by atoms with Crippen LogP contribution in [0.5, 0.6) is 0 Å². The lowest BCUT2D eigenvalue weighted by molar-refractivity contribution is 0.185. The van der Waals surface area contributed by atoms with E-state index >= 15 is 0 Å². The van der Waals surface area contributed by atoms with Crippen molar-refractivity contribution < 1.29 is 4.74 Å². The topological polar surface area (TPSA) is 59.6 Å². The number of para-hydroxylation sites is 1. The Morgan fingerprint density at radius 2 is 2.32 bits per heavy atom. The highest BCUT2D eigenvalue weighted by molar-refractivity contribution is 7.99. The van der Waals surface area contributed by atoms with Gasteiger partial charge in [-0.05, 0) is 6.07 Å². The van der Waals surface area contributed by atoms with Gasteiger partial charge in [0, 0.05) is 29.9 Å². The molecule has 0 aliphatic rings. The summed E-state index contributed by atoms with van der Waals surface area (Å²) in [6, 6.07) is 7.88. The Bertz CT molecular complexity index is 421. The van der Waals surface area contributed by atoms with Crippen LogP contribution >= 0.6 is 11.8 Å². The van der Waals surface area contributed by atoms with Gasteiger partial charge in [-0.25, -0.2) is 0 Å². The molecule has 0 radical (unpaired) electrons. The van der Waals surface area contributed by atoms with Crippen molar-refractivity contribution in [1.82, 2.24) is 0 Å². The molecule has 1 aromatic rings. The van der Waals surface area contributed by atoms with Crippen LogP contribution in [0.25, 0.3) is 0 Å². The molecule has 0 fully saturated rings. The summed E-state index contributed by atoms with van der Waals surface area (Å²) < 4.78 is 5.14. The van der Waals surface area contributed by atoms with Crippen molar-refractivity contribution in [3.05, 3.63) is 42.5 Å². The first-order valence-corrected chi connectivity index (χ1v) is 7.25. The molecule has 19 heavy (non-hydrogen) atoms. The van der Waals surface area contributed by atoms with Gasteiger partial charge in [-0.1, -0.05) is 24.3 Å². The highest BCUT2D eigenvalue weighted by Gasteiger charge is 2.01. The molecule has 1 aromatic carbocycles. The summed E-state index contributed by atoms with van der Waals surface area (Å²) in [5.74, 6) is 2.32. The van der Waals surface area contributed by atoms with Crippen molar-refractivity contribution in [3.8, 4) is 0 Å². The summed E-state index contributed by atoms with van der Waals surface area (Å²) in [4.78, 5) is 4.28. The third-order valence-electron chi connectivity index (χ3n) is 2.33. The molecule has 0 atom stereocenters. The molecule has 0 aliphatic heterocycles. The van der Waals surface area contributed by atoms with Crippen LogP contribution in [0.4, 0.5) is 5.69 Å². The zero-order valence-electron chi connectivity index (χ0n) is 11.3. The quantitative estimate of drug-likeness (QED) is 0.332. The number of aliphatic imine (C=N–C) groups is 1. The number of nitrogens with two attached hydrogens (primary N) is 1. The predicted molar refractivity (Wildman–Crippen MR) is 84.8 cm³/mol. The number of hydrogen-bond acceptors (Lipinski definition) is 3. The first kappa shape index (κ1) is 15.6. The molecule has 0 spiro atoms. The van der Waals surface area contributed by atoms with E-state index in [1.807, 2.05) is 30.3 Å². The average molecular weight is 279 g/mol. The third-order valence-corrected chi connectivity index (χ3v) is 3.28. The van der Waals surface area contributed by atoms with Gasteiger partial charge in [0.1, 0.15) is 0 Å². The van der Waals surface area contributed by atoms with Crippen LogP contribution in [0, 0.1) is 0 Å². The van der Waals surface area contributed by atoms with Gasteiger partial charge in [0.05, 0.1) is 13.2 Å². The van der Waals surface area contributed by atoms with Gasteiger partial charge >= 0.3 is 0 Å². The maximum Gasteiger partial charge on any atom is 0.193 e. The molecule has 0 saturated carbocycles. The Hall–Kier alpha value is -1.46. The van der Waals surface area contributed by atoms with Gasteiger partial charge in [-0.15, -0.1) is 6.58 Å². The van der Waals surface area contributed by atoms with Crippen LogP contribution in [0.2, 0.25) is 0 Å². The lowest BCUT2D eigenvalue weighted by Crippen LogP contribution is -2.23. The number of ether oxygens (including phenoxy) is 1. The Morgan fingerprint density at radius 1 is 1.53 bits per heavy atom. The summed E-state index contributed by atoms with van der Waals surface area (Å²) in [5.41, 5.74) is 7.85. The number of hydrogen-bond donors (Lipinski definition) is 2. The van der Waals surface area contributed by atoms with Gasteiger partial charge in [-0.3, -0.25) is 4.99 Å². The number of guanidine groups is 1. The summed E-state index contributed by atoms with van der Waals surface area (Å²) in [6.07, 6.45) is 1.89. The van der Waals surface area contributed by atoms with Crippen molar-refractivity contribution in [2.45, 2.75) is 6.61 Å². The van der Waals surface area contributed by atoms with Crippen LogP contribution in [-0.4, -0.2) is 31.1 Å². The largest absolute Gasteiger partial charge is 0.380 e. The van der Waals surface area contributed by atoms with E-state index in [4.69, 9.17) is 10.5 Å². The highest BCUT2D eigenvalue weighted by atomic mass is 32.2. The highest BCUT2D eigenvalue weighted by Crippen LogP contribution is 2.15. The Morgan fingerprint density at radius 3 is 3.05 bits per heavy atom. The fourth-order valence-electron chi connectivity index (χ4n) is 1.50. The lowest BCUT2D eigenvalue weighted by atomic mass is 10.2. The number of benzene rings is 1. The van der Waals surface area contributed by atoms with Crippen molar-refractivity contribution in [3.63, 3.8) is 0 Å². The van der Waals surface area contributed by atoms with E-state index < -0.39 is 0 Å².